The van der Waals surface area contributed by atoms with Gasteiger partial charge in [-0.2, -0.15) is 0 Å². The van der Waals surface area contributed by atoms with Crippen molar-refractivity contribution in [2.24, 2.45) is 4.99 Å². The van der Waals surface area contributed by atoms with Crippen LogP contribution in [0.25, 0.3) is 16.8 Å². The minimum Gasteiger partial charge on any atom is -0.497 e. The number of ether oxygens (including phenoxy) is 4. The highest BCUT2D eigenvalue weighted by Gasteiger charge is 2.36. The first-order valence-corrected chi connectivity index (χ1v) is 16.5. The van der Waals surface area contributed by atoms with Crippen molar-refractivity contribution >= 4 is 34.2 Å². The SMILES string of the molecule is CCCC1=C(C(=O)OCC)[C@@H](c2cc(OC)ccc2OC)n2c(s/c(=C\c3c(OCc4ccccc4F)ccc4ccccc34)c2=O)=N1. The van der Waals surface area contributed by atoms with Crippen LogP contribution in [0.15, 0.2) is 99.9 Å². The summed E-state index contributed by atoms with van der Waals surface area (Å²) >= 11 is 1.22. The minimum atomic E-state index is -0.890. The zero-order valence-corrected chi connectivity index (χ0v) is 27.9. The van der Waals surface area contributed by atoms with Gasteiger partial charge in [-0.1, -0.05) is 73.2 Å². The number of methoxy groups -OCH3 is 2. The third-order valence-electron chi connectivity index (χ3n) is 8.17. The zero-order chi connectivity index (χ0) is 33.8. The van der Waals surface area contributed by atoms with Gasteiger partial charge in [-0.3, -0.25) is 9.36 Å². The highest BCUT2D eigenvalue weighted by atomic mass is 32.1. The first-order valence-electron chi connectivity index (χ1n) is 15.7. The maximum atomic E-state index is 14.6. The zero-order valence-electron chi connectivity index (χ0n) is 27.1. The molecule has 48 heavy (non-hydrogen) atoms. The van der Waals surface area contributed by atoms with Crippen LogP contribution in [-0.2, 0) is 16.1 Å². The third kappa shape index (κ3) is 6.23. The summed E-state index contributed by atoms with van der Waals surface area (Å²) in [6, 6.07) is 22.4. The number of carbonyl (C=O) groups is 1. The van der Waals surface area contributed by atoms with E-state index >= 15 is 0 Å². The number of halogens is 1. The van der Waals surface area contributed by atoms with Gasteiger partial charge in [0.2, 0.25) is 0 Å². The molecule has 1 aliphatic rings. The average molecular weight is 667 g/mol. The normalized spacial score (nSPS) is 14.4. The summed E-state index contributed by atoms with van der Waals surface area (Å²) in [4.78, 5) is 33.6. The molecule has 8 nitrogen and oxygen atoms in total. The van der Waals surface area contributed by atoms with Gasteiger partial charge in [-0.25, -0.2) is 14.2 Å². The lowest BCUT2D eigenvalue weighted by Gasteiger charge is -2.27. The molecule has 0 aliphatic carbocycles. The van der Waals surface area contributed by atoms with E-state index in [0.717, 1.165) is 17.2 Å². The molecule has 246 valence electrons. The van der Waals surface area contributed by atoms with Gasteiger partial charge in [0.15, 0.2) is 4.80 Å². The molecule has 1 aliphatic heterocycles. The fourth-order valence-electron chi connectivity index (χ4n) is 5.92. The average Bonchev–Trinajstić information content (AvgIpc) is 3.41. The molecule has 1 atom stereocenters. The van der Waals surface area contributed by atoms with Gasteiger partial charge in [0.25, 0.3) is 5.56 Å². The first kappa shape index (κ1) is 32.7. The smallest absolute Gasteiger partial charge is 0.338 e. The van der Waals surface area contributed by atoms with E-state index in [1.54, 1.807) is 63.6 Å². The third-order valence-corrected chi connectivity index (χ3v) is 9.15. The molecule has 0 unspecified atom stereocenters. The predicted molar refractivity (Wildman–Crippen MR) is 184 cm³/mol. The van der Waals surface area contributed by atoms with Gasteiger partial charge in [0, 0.05) is 16.7 Å². The van der Waals surface area contributed by atoms with Crippen molar-refractivity contribution in [3.8, 4) is 17.2 Å². The number of aromatic nitrogens is 1. The molecule has 10 heteroatoms. The molecule has 2 heterocycles. The van der Waals surface area contributed by atoms with Crippen molar-refractivity contribution in [2.45, 2.75) is 39.3 Å². The van der Waals surface area contributed by atoms with E-state index in [-0.39, 0.29) is 30.2 Å². The molecule has 0 saturated carbocycles. The van der Waals surface area contributed by atoms with Crippen LogP contribution >= 0.6 is 11.3 Å². The Morgan fingerprint density at radius 2 is 1.75 bits per heavy atom. The molecular formula is C38H35FN2O6S. The van der Waals surface area contributed by atoms with Crippen LogP contribution in [0.1, 0.15) is 49.4 Å². The summed E-state index contributed by atoms with van der Waals surface area (Å²) in [5, 5.41) is 1.81. The largest absolute Gasteiger partial charge is 0.497 e. The Kier molecular flexibility index (Phi) is 9.72. The molecule has 5 aromatic rings. The Morgan fingerprint density at radius 3 is 2.50 bits per heavy atom. The molecule has 4 aromatic carbocycles. The Hall–Kier alpha value is -5.22. The second-order valence-corrected chi connectivity index (χ2v) is 12.1. The molecule has 0 spiro atoms. The Labute approximate surface area is 281 Å². The molecule has 0 saturated heterocycles. The van der Waals surface area contributed by atoms with Gasteiger partial charge < -0.3 is 18.9 Å². The molecule has 0 bridgehead atoms. The van der Waals surface area contributed by atoms with Crippen LogP contribution in [-0.4, -0.2) is 31.4 Å². The highest BCUT2D eigenvalue weighted by molar-refractivity contribution is 7.07. The molecule has 1 aromatic heterocycles. The van der Waals surface area contributed by atoms with Gasteiger partial charge in [0.05, 0.1) is 36.6 Å². The van der Waals surface area contributed by atoms with Crippen LogP contribution in [0.4, 0.5) is 4.39 Å². The number of fused-ring (bicyclic) bond motifs is 2. The number of carbonyl (C=O) groups excluding carboxylic acids is 1. The van der Waals surface area contributed by atoms with Crippen molar-refractivity contribution in [1.82, 2.24) is 4.57 Å². The lowest BCUT2D eigenvalue weighted by Crippen LogP contribution is -2.40. The summed E-state index contributed by atoms with van der Waals surface area (Å²) < 4.78 is 39.4. The fraction of sp³-hybridized carbons (Fsp3) is 0.237. The number of allylic oxidation sites excluding steroid dienone is 1. The lowest BCUT2D eigenvalue weighted by molar-refractivity contribution is -0.139. The van der Waals surface area contributed by atoms with Crippen molar-refractivity contribution in [3.63, 3.8) is 0 Å². The molecule has 0 amide bonds. The van der Waals surface area contributed by atoms with Crippen LogP contribution in [0.5, 0.6) is 17.2 Å². The second-order valence-electron chi connectivity index (χ2n) is 11.1. The molecule has 0 fully saturated rings. The lowest BCUT2D eigenvalue weighted by atomic mass is 9.93. The monoisotopic (exact) mass is 666 g/mol. The van der Waals surface area contributed by atoms with Crippen LogP contribution in [0, 0.1) is 5.82 Å². The van der Waals surface area contributed by atoms with E-state index in [1.165, 1.54) is 22.0 Å². The molecule has 0 radical (unpaired) electrons. The predicted octanol–water partition coefficient (Wildman–Crippen LogP) is 6.47. The fourth-order valence-corrected chi connectivity index (χ4v) is 6.92. The minimum absolute atomic E-state index is 0.00597. The standard InChI is InChI=1S/C38H35FN2O6S/c1-5-11-30-34(37(43)46-6-2)35(28-20-25(44-3)17-19-31(28)45-4)41-36(42)33(48-38(41)40-30)21-27-26-14-9-7-12-23(26)16-18-32(27)47-22-24-13-8-10-15-29(24)39/h7-10,12-21,35H,5-6,11,22H2,1-4H3/b33-21-/t35-/m1/s1. The quantitative estimate of drug-likeness (QED) is 0.150. The summed E-state index contributed by atoms with van der Waals surface area (Å²) in [5.41, 5.74) is 2.14. The number of rotatable bonds is 11. The van der Waals surface area contributed by atoms with E-state index in [4.69, 9.17) is 23.9 Å². The summed E-state index contributed by atoms with van der Waals surface area (Å²) in [6.45, 7) is 3.91. The van der Waals surface area contributed by atoms with E-state index < -0.39 is 12.0 Å². The highest BCUT2D eigenvalue weighted by Crippen LogP contribution is 2.39. The number of nitrogens with zero attached hydrogens (tertiary/aromatic N) is 2. The van der Waals surface area contributed by atoms with E-state index in [1.807, 2.05) is 43.3 Å². The number of hydrogen-bond donors (Lipinski definition) is 0. The van der Waals surface area contributed by atoms with Crippen molar-refractivity contribution in [1.29, 1.82) is 0 Å². The molecule has 6 rings (SSSR count). The number of esters is 1. The van der Waals surface area contributed by atoms with E-state index in [9.17, 15) is 14.0 Å². The second kappa shape index (κ2) is 14.3. The van der Waals surface area contributed by atoms with Gasteiger partial charge in [0.1, 0.15) is 35.7 Å². The number of hydrogen-bond acceptors (Lipinski definition) is 8. The van der Waals surface area contributed by atoms with Crippen LogP contribution < -0.4 is 29.1 Å². The Morgan fingerprint density at radius 1 is 0.979 bits per heavy atom. The summed E-state index contributed by atoms with van der Waals surface area (Å²) in [7, 11) is 3.09. The Bertz CT molecular complexity index is 2220. The van der Waals surface area contributed by atoms with Crippen molar-refractivity contribution in [2.75, 3.05) is 20.8 Å². The van der Waals surface area contributed by atoms with E-state index in [2.05, 4.69) is 0 Å². The van der Waals surface area contributed by atoms with Gasteiger partial charge in [-0.05, 0) is 60.5 Å². The van der Waals surface area contributed by atoms with Gasteiger partial charge in [-0.15, -0.1) is 0 Å². The molecular weight excluding hydrogens is 631 g/mol. The van der Waals surface area contributed by atoms with E-state index in [0.29, 0.717) is 55.4 Å². The first-order chi connectivity index (χ1) is 23.4. The van der Waals surface area contributed by atoms with Crippen molar-refractivity contribution in [3.05, 3.63) is 132 Å². The number of benzene rings is 4. The maximum Gasteiger partial charge on any atom is 0.338 e. The van der Waals surface area contributed by atoms with Crippen LogP contribution in [0.3, 0.4) is 0 Å². The summed E-state index contributed by atoms with van der Waals surface area (Å²) in [5.74, 6) is 0.603. The van der Waals surface area contributed by atoms with Crippen molar-refractivity contribution < 1.29 is 28.1 Å². The maximum absolute atomic E-state index is 14.6. The number of thiazole rings is 1. The Balaban J connectivity index is 1.59. The molecule has 0 N–H and O–H groups in total. The summed E-state index contributed by atoms with van der Waals surface area (Å²) in [6.07, 6.45) is 3.01. The van der Waals surface area contributed by atoms with Crippen LogP contribution in [0.2, 0.25) is 0 Å². The topological polar surface area (TPSA) is 88.4 Å². The van der Waals surface area contributed by atoms with Gasteiger partial charge >= 0.3 is 5.97 Å².